The second kappa shape index (κ2) is 5.18. The third-order valence-electron chi connectivity index (χ3n) is 3.17. The molecule has 1 fully saturated rings. The second-order valence-corrected chi connectivity index (χ2v) is 6.44. The third-order valence-corrected chi connectivity index (χ3v) is 4.59. The molecule has 1 aromatic rings. The van der Waals surface area contributed by atoms with Crippen molar-refractivity contribution in [2.24, 2.45) is 0 Å². The molecule has 6 nitrogen and oxygen atoms in total. The first kappa shape index (κ1) is 13.8. The molecule has 7 heteroatoms. The number of amides is 1. The fraction of sp³-hybridized carbons (Fsp3) is 0.417. The molecule has 1 atom stereocenters. The Morgan fingerprint density at radius 3 is 2.79 bits per heavy atom. The van der Waals surface area contributed by atoms with Crippen LogP contribution in [0.1, 0.15) is 18.4 Å². The Morgan fingerprint density at radius 2 is 2.21 bits per heavy atom. The van der Waals surface area contributed by atoms with E-state index >= 15 is 0 Å². The normalized spacial score (nSPS) is 19.4. The number of hydrogen-bond donors (Lipinski definition) is 3. The van der Waals surface area contributed by atoms with Crippen LogP contribution in [0.2, 0.25) is 0 Å². The number of hydrogen-bond acceptors (Lipinski definition) is 4. The minimum atomic E-state index is -3.59. The largest absolute Gasteiger partial charge is 0.398 e. The maximum atomic E-state index is 12.1. The molecule has 0 bridgehead atoms. The molecule has 1 unspecified atom stereocenters. The molecule has 1 saturated heterocycles. The van der Waals surface area contributed by atoms with Crippen LogP contribution in [-0.2, 0) is 14.8 Å². The summed E-state index contributed by atoms with van der Waals surface area (Å²) in [6, 6.07) is 4.48. The summed E-state index contributed by atoms with van der Waals surface area (Å²) < 4.78 is 26.6. The summed E-state index contributed by atoms with van der Waals surface area (Å²) in [5.74, 6) is -0.0382. The molecule has 2 rings (SSSR count). The van der Waals surface area contributed by atoms with Gasteiger partial charge in [0.25, 0.3) is 0 Å². The van der Waals surface area contributed by atoms with Gasteiger partial charge in [0.15, 0.2) is 0 Å². The van der Waals surface area contributed by atoms with Gasteiger partial charge in [-0.3, -0.25) is 4.79 Å². The summed E-state index contributed by atoms with van der Waals surface area (Å²) in [4.78, 5) is 11.2. The Morgan fingerprint density at radius 1 is 1.47 bits per heavy atom. The molecule has 104 valence electrons. The second-order valence-electron chi connectivity index (χ2n) is 4.67. The fourth-order valence-electron chi connectivity index (χ4n) is 1.91. The van der Waals surface area contributed by atoms with E-state index in [1.54, 1.807) is 6.07 Å². The van der Waals surface area contributed by atoms with E-state index in [1.165, 1.54) is 12.1 Å². The van der Waals surface area contributed by atoms with Crippen LogP contribution < -0.4 is 15.8 Å². The summed E-state index contributed by atoms with van der Waals surface area (Å²) in [5.41, 5.74) is 6.98. The summed E-state index contributed by atoms with van der Waals surface area (Å²) >= 11 is 0. The lowest BCUT2D eigenvalue weighted by Crippen LogP contribution is -2.38. The SMILES string of the molecule is Cc1ccc(S(=O)(=O)NCC2CCC(=O)N2)cc1N. The number of nitrogens with one attached hydrogen (secondary N) is 2. The van der Waals surface area contributed by atoms with Gasteiger partial charge in [0.2, 0.25) is 15.9 Å². The molecule has 0 saturated carbocycles. The molecular formula is C12H17N3O3S. The number of benzene rings is 1. The first-order valence-electron chi connectivity index (χ1n) is 6.03. The number of anilines is 1. The number of rotatable bonds is 4. The average molecular weight is 283 g/mol. The summed E-state index contributed by atoms with van der Waals surface area (Å²) in [6.45, 7) is 2.01. The average Bonchev–Trinajstić information content (AvgIpc) is 2.76. The van der Waals surface area contributed by atoms with Crippen molar-refractivity contribution >= 4 is 21.6 Å². The minimum Gasteiger partial charge on any atom is -0.398 e. The monoisotopic (exact) mass is 283 g/mol. The maximum Gasteiger partial charge on any atom is 0.240 e. The van der Waals surface area contributed by atoms with Crippen molar-refractivity contribution in [3.05, 3.63) is 23.8 Å². The maximum absolute atomic E-state index is 12.1. The summed E-state index contributed by atoms with van der Waals surface area (Å²) in [5, 5.41) is 2.71. The van der Waals surface area contributed by atoms with E-state index in [0.717, 1.165) is 5.56 Å². The van der Waals surface area contributed by atoms with Crippen molar-refractivity contribution < 1.29 is 13.2 Å². The van der Waals surface area contributed by atoms with Gasteiger partial charge in [-0.2, -0.15) is 0 Å². The molecule has 0 radical (unpaired) electrons. The Bertz CT molecular complexity index is 598. The van der Waals surface area contributed by atoms with Crippen molar-refractivity contribution in [3.8, 4) is 0 Å². The summed E-state index contributed by atoms with van der Waals surface area (Å²) in [7, 11) is -3.59. The minimum absolute atomic E-state index is 0.0382. The lowest BCUT2D eigenvalue weighted by atomic mass is 10.2. The van der Waals surface area contributed by atoms with Gasteiger partial charge in [-0.15, -0.1) is 0 Å². The van der Waals surface area contributed by atoms with Crippen molar-refractivity contribution in [1.82, 2.24) is 10.0 Å². The number of sulfonamides is 1. The third kappa shape index (κ3) is 3.24. The van der Waals surface area contributed by atoms with Crippen LogP contribution in [-0.4, -0.2) is 26.9 Å². The number of nitrogens with two attached hydrogens (primary N) is 1. The standard InChI is InChI=1S/C12H17N3O3S/c1-8-2-4-10(6-11(8)13)19(17,18)14-7-9-3-5-12(16)15-9/h2,4,6,9,14H,3,5,7,13H2,1H3,(H,15,16). The van der Waals surface area contributed by atoms with E-state index in [0.29, 0.717) is 18.5 Å². The van der Waals surface area contributed by atoms with Gasteiger partial charge < -0.3 is 11.1 Å². The van der Waals surface area contributed by atoms with Crippen LogP contribution in [0, 0.1) is 6.92 Å². The van der Waals surface area contributed by atoms with Gasteiger partial charge >= 0.3 is 0 Å². The lowest BCUT2D eigenvalue weighted by molar-refractivity contribution is -0.119. The molecule has 1 heterocycles. The van der Waals surface area contributed by atoms with E-state index in [1.807, 2.05) is 6.92 Å². The number of carbonyl (C=O) groups is 1. The summed E-state index contributed by atoms with van der Waals surface area (Å²) in [6.07, 6.45) is 1.10. The van der Waals surface area contributed by atoms with E-state index in [-0.39, 0.29) is 23.4 Å². The van der Waals surface area contributed by atoms with E-state index in [2.05, 4.69) is 10.0 Å². The molecule has 1 amide bonds. The van der Waals surface area contributed by atoms with Gasteiger partial charge in [-0.25, -0.2) is 13.1 Å². The smallest absolute Gasteiger partial charge is 0.240 e. The van der Waals surface area contributed by atoms with Crippen LogP contribution in [0.15, 0.2) is 23.1 Å². The Hall–Kier alpha value is -1.60. The first-order valence-corrected chi connectivity index (χ1v) is 7.52. The predicted molar refractivity (Wildman–Crippen MR) is 71.9 cm³/mol. The Labute approximate surface area is 112 Å². The number of carbonyl (C=O) groups excluding carboxylic acids is 1. The molecule has 19 heavy (non-hydrogen) atoms. The van der Waals surface area contributed by atoms with Crippen molar-refractivity contribution in [3.63, 3.8) is 0 Å². The van der Waals surface area contributed by atoms with Gasteiger partial charge in [0.05, 0.1) is 4.90 Å². The topological polar surface area (TPSA) is 101 Å². The molecule has 0 aliphatic carbocycles. The van der Waals surface area contributed by atoms with Gasteiger partial charge in [0, 0.05) is 24.7 Å². The number of nitrogen functional groups attached to an aromatic ring is 1. The van der Waals surface area contributed by atoms with Crippen molar-refractivity contribution in [2.75, 3.05) is 12.3 Å². The molecule has 1 aromatic carbocycles. The van der Waals surface area contributed by atoms with Crippen LogP contribution in [0.5, 0.6) is 0 Å². The highest BCUT2D eigenvalue weighted by atomic mass is 32.2. The highest BCUT2D eigenvalue weighted by Crippen LogP contribution is 2.17. The van der Waals surface area contributed by atoms with Gasteiger partial charge in [-0.05, 0) is 31.0 Å². The zero-order chi connectivity index (χ0) is 14.0. The van der Waals surface area contributed by atoms with Crippen LogP contribution >= 0.6 is 0 Å². The molecular weight excluding hydrogens is 266 g/mol. The first-order chi connectivity index (χ1) is 8.88. The van der Waals surface area contributed by atoms with Crippen LogP contribution in [0.3, 0.4) is 0 Å². The molecule has 0 aromatic heterocycles. The highest BCUT2D eigenvalue weighted by Gasteiger charge is 2.23. The molecule has 1 aliphatic rings. The van der Waals surface area contributed by atoms with Crippen LogP contribution in [0.4, 0.5) is 5.69 Å². The van der Waals surface area contributed by atoms with Crippen LogP contribution in [0.25, 0.3) is 0 Å². The quantitative estimate of drug-likeness (QED) is 0.684. The van der Waals surface area contributed by atoms with Gasteiger partial charge in [-0.1, -0.05) is 6.07 Å². The van der Waals surface area contributed by atoms with E-state index in [4.69, 9.17) is 5.73 Å². The number of aryl methyl sites for hydroxylation is 1. The zero-order valence-electron chi connectivity index (χ0n) is 10.6. The van der Waals surface area contributed by atoms with Gasteiger partial charge in [0.1, 0.15) is 0 Å². The lowest BCUT2D eigenvalue weighted by Gasteiger charge is -2.12. The van der Waals surface area contributed by atoms with Crippen molar-refractivity contribution in [1.29, 1.82) is 0 Å². The molecule has 1 aliphatic heterocycles. The predicted octanol–water partition coefficient (Wildman–Crippen LogP) is 0.134. The molecule has 0 spiro atoms. The van der Waals surface area contributed by atoms with Crippen molar-refractivity contribution in [2.45, 2.75) is 30.7 Å². The van der Waals surface area contributed by atoms with E-state index in [9.17, 15) is 13.2 Å². The van der Waals surface area contributed by atoms with E-state index < -0.39 is 10.0 Å². The highest BCUT2D eigenvalue weighted by molar-refractivity contribution is 7.89. The fourth-order valence-corrected chi connectivity index (χ4v) is 3.03. The zero-order valence-corrected chi connectivity index (χ0v) is 11.5. The molecule has 4 N–H and O–H groups in total. The Balaban J connectivity index is 2.05. The Kier molecular flexibility index (Phi) is 3.77.